The third-order valence-corrected chi connectivity index (χ3v) is 9.56. The van der Waals surface area contributed by atoms with E-state index in [4.69, 9.17) is 14.2 Å². The van der Waals surface area contributed by atoms with E-state index in [9.17, 15) is 4.79 Å². The molecule has 4 aliphatic rings. The molecule has 1 aliphatic heterocycles. The van der Waals surface area contributed by atoms with Gasteiger partial charge in [0.1, 0.15) is 5.78 Å². The molecule has 0 radical (unpaired) electrons. The first-order valence-corrected chi connectivity index (χ1v) is 13.0. The van der Waals surface area contributed by atoms with Crippen molar-refractivity contribution in [2.75, 3.05) is 0 Å². The van der Waals surface area contributed by atoms with E-state index in [1.54, 1.807) is 0 Å². The van der Waals surface area contributed by atoms with Crippen molar-refractivity contribution in [3.05, 3.63) is 0 Å². The van der Waals surface area contributed by atoms with Crippen LogP contribution in [0.1, 0.15) is 106 Å². The molecule has 1 saturated heterocycles. The summed E-state index contributed by atoms with van der Waals surface area (Å²) in [6.45, 7) is 15.4. The minimum Gasteiger partial charge on any atom is -0.376 e. The van der Waals surface area contributed by atoms with Gasteiger partial charge in [-0.3, -0.25) is 4.79 Å². The molecule has 3 saturated carbocycles. The first-order chi connectivity index (χ1) is 14.4. The van der Waals surface area contributed by atoms with Crippen molar-refractivity contribution in [2.24, 2.45) is 28.6 Å². The zero-order valence-electron chi connectivity index (χ0n) is 21.0. The van der Waals surface area contributed by atoms with E-state index in [1.807, 2.05) is 0 Å². The van der Waals surface area contributed by atoms with E-state index in [-0.39, 0.29) is 35.2 Å². The number of fused-ring (bicyclic) bond motifs is 2. The number of ketones is 1. The van der Waals surface area contributed by atoms with Gasteiger partial charge in [0.15, 0.2) is 5.79 Å². The van der Waals surface area contributed by atoms with Crippen molar-refractivity contribution in [1.82, 2.24) is 0 Å². The van der Waals surface area contributed by atoms with Crippen molar-refractivity contribution in [3.8, 4) is 0 Å². The summed E-state index contributed by atoms with van der Waals surface area (Å²) in [6.07, 6.45) is 10.7. The fraction of sp³-hybridized carbons (Fsp3) is 0.963. The summed E-state index contributed by atoms with van der Waals surface area (Å²) in [5.41, 5.74) is 0.137. The molecule has 178 valence electrons. The van der Waals surface area contributed by atoms with E-state index in [1.165, 1.54) is 19.3 Å². The van der Waals surface area contributed by atoms with E-state index >= 15 is 0 Å². The molecular weight excluding hydrogens is 388 g/mol. The lowest BCUT2D eigenvalue weighted by molar-refractivity contribution is -0.146. The lowest BCUT2D eigenvalue weighted by atomic mass is 9.56. The van der Waals surface area contributed by atoms with Crippen LogP contribution in [0.3, 0.4) is 0 Å². The number of hydrogen-bond donors (Lipinski definition) is 0. The highest BCUT2D eigenvalue weighted by atomic mass is 16.7. The van der Waals surface area contributed by atoms with Crippen molar-refractivity contribution in [1.29, 1.82) is 0 Å². The molecule has 8 atom stereocenters. The Hall–Kier alpha value is -0.450. The summed E-state index contributed by atoms with van der Waals surface area (Å²) in [6, 6.07) is 0. The fourth-order valence-corrected chi connectivity index (χ4v) is 7.84. The Kier molecular flexibility index (Phi) is 6.42. The van der Waals surface area contributed by atoms with E-state index < -0.39 is 5.79 Å². The standard InChI is InChI=1S/C27H46O4/c1-17(2)29-18(3)14-21-15-22-23(31-25(4,5)30-22)16-27(21,7)20-9-8-19-10-11-24(28)26(19,6)13-12-20/h17-23H,8-16H2,1-7H3/t18-,19?,20?,21?,22-,23-,26+,27-/m1/s1. The molecule has 3 aliphatic carbocycles. The Morgan fingerprint density at radius 2 is 1.65 bits per heavy atom. The van der Waals surface area contributed by atoms with Crippen LogP contribution in [-0.4, -0.2) is 36.0 Å². The Morgan fingerprint density at radius 3 is 2.35 bits per heavy atom. The van der Waals surface area contributed by atoms with Gasteiger partial charge in [-0.15, -0.1) is 0 Å². The maximum Gasteiger partial charge on any atom is 0.163 e. The second-order valence-corrected chi connectivity index (χ2v) is 12.5. The van der Waals surface area contributed by atoms with Crippen molar-refractivity contribution in [2.45, 2.75) is 136 Å². The molecule has 0 bridgehead atoms. The molecule has 0 amide bonds. The largest absolute Gasteiger partial charge is 0.376 e. The molecule has 0 spiro atoms. The molecule has 3 unspecified atom stereocenters. The van der Waals surface area contributed by atoms with Crippen molar-refractivity contribution < 1.29 is 19.0 Å². The lowest BCUT2D eigenvalue weighted by Crippen LogP contribution is -2.48. The van der Waals surface area contributed by atoms with Crippen LogP contribution < -0.4 is 0 Å². The Bertz CT molecular complexity index is 672. The zero-order chi connectivity index (χ0) is 22.6. The second kappa shape index (κ2) is 8.40. The molecule has 4 heteroatoms. The van der Waals surface area contributed by atoms with Crippen LogP contribution in [0.25, 0.3) is 0 Å². The van der Waals surface area contributed by atoms with Gasteiger partial charge in [0.25, 0.3) is 0 Å². The summed E-state index contributed by atoms with van der Waals surface area (Å²) in [7, 11) is 0. The number of carbonyl (C=O) groups is 1. The molecule has 4 fully saturated rings. The summed E-state index contributed by atoms with van der Waals surface area (Å²) >= 11 is 0. The molecule has 0 aromatic rings. The second-order valence-electron chi connectivity index (χ2n) is 12.5. The monoisotopic (exact) mass is 434 g/mol. The number of ether oxygens (including phenoxy) is 3. The first kappa shape index (κ1) is 23.7. The predicted molar refractivity (Wildman–Crippen MR) is 123 cm³/mol. The predicted octanol–water partition coefficient (Wildman–Crippen LogP) is 6.30. The Labute approximate surface area is 190 Å². The van der Waals surface area contributed by atoms with E-state index in [2.05, 4.69) is 48.5 Å². The van der Waals surface area contributed by atoms with Crippen molar-refractivity contribution >= 4 is 5.78 Å². The van der Waals surface area contributed by atoms with Crippen LogP contribution in [0.2, 0.25) is 0 Å². The number of rotatable bonds is 5. The van der Waals surface area contributed by atoms with E-state index in [0.717, 1.165) is 38.5 Å². The maximum absolute atomic E-state index is 12.7. The number of hydrogen-bond acceptors (Lipinski definition) is 4. The first-order valence-electron chi connectivity index (χ1n) is 13.0. The van der Waals surface area contributed by atoms with Crippen molar-refractivity contribution in [3.63, 3.8) is 0 Å². The SMILES string of the molecule is CC(C)O[C@H](C)CC1C[C@H]2OC(C)(C)O[C@@H]2C[C@]1(C)C1CCC2CCC(=O)[C@@]2(C)CC1. The minimum absolute atomic E-state index is 0.0686. The topological polar surface area (TPSA) is 44.8 Å². The molecule has 4 nitrogen and oxygen atoms in total. The smallest absolute Gasteiger partial charge is 0.163 e. The Morgan fingerprint density at radius 1 is 0.968 bits per heavy atom. The molecule has 31 heavy (non-hydrogen) atoms. The van der Waals surface area contributed by atoms with Crippen LogP contribution in [-0.2, 0) is 19.0 Å². The Balaban J connectivity index is 1.56. The van der Waals surface area contributed by atoms with Gasteiger partial charge in [-0.2, -0.15) is 0 Å². The number of Topliss-reactive ketones (excluding diaryl/α,β-unsaturated/α-hetero) is 1. The van der Waals surface area contributed by atoms with Crippen LogP contribution in [0, 0.1) is 28.6 Å². The molecule has 0 N–H and O–H groups in total. The normalized spacial score (nSPS) is 45.9. The molecule has 4 rings (SSSR count). The highest BCUT2D eigenvalue weighted by molar-refractivity contribution is 5.86. The van der Waals surface area contributed by atoms with Gasteiger partial charge in [0.05, 0.1) is 24.4 Å². The molecular formula is C27H46O4. The fourth-order valence-electron chi connectivity index (χ4n) is 7.84. The average Bonchev–Trinajstić information content (AvgIpc) is 3.01. The highest BCUT2D eigenvalue weighted by Crippen LogP contribution is 2.59. The van der Waals surface area contributed by atoms with Gasteiger partial charge >= 0.3 is 0 Å². The van der Waals surface area contributed by atoms with Crippen LogP contribution in [0.5, 0.6) is 0 Å². The van der Waals surface area contributed by atoms with Gasteiger partial charge in [0.2, 0.25) is 0 Å². The average molecular weight is 435 g/mol. The maximum atomic E-state index is 12.7. The molecule has 0 aromatic heterocycles. The zero-order valence-corrected chi connectivity index (χ0v) is 21.0. The van der Waals surface area contributed by atoms with Crippen LogP contribution in [0.15, 0.2) is 0 Å². The summed E-state index contributed by atoms with van der Waals surface area (Å²) in [4.78, 5) is 12.7. The summed E-state index contributed by atoms with van der Waals surface area (Å²) < 4.78 is 18.9. The summed E-state index contributed by atoms with van der Waals surface area (Å²) in [5, 5.41) is 0. The minimum atomic E-state index is -0.481. The molecule has 0 aromatic carbocycles. The van der Waals surface area contributed by atoms with Gasteiger partial charge < -0.3 is 14.2 Å². The third-order valence-electron chi connectivity index (χ3n) is 9.56. The third kappa shape index (κ3) is 4.51. The highest BCUT2D eigenvalue weighted by Gasteiger charge is 2.56. The van der Waals surface area contributed by atoms with E-state index in [0.29, 0.717) is 23.5 Å². The molecule has 1 heterocycles. The van der Waals surface area contributed by atoms with Gasteiger partial charge in [0, 0.05) is 11.8 Å². The lowest BCUT2D eigenvalue weighted by Gasteiger charge is -2.50. The van der Waals surface area contributed by atoms with Gasteiger partial charge in [-0.1, -0.05) is 13.8 Å². The van der Waals surface area contributed by atoms with Crippen LogP contribution >= 0.6 is 0 Å². The van der Waals surface area contributed by atoms with Gasteiger partial charge in [-0.25, -0.2) is 0 Å². The quantitative estimate of drug-likeness (QED) is 0.509. The summed E-state index contributed by atoms with van der Waals surface area (Å²) in [5.74, 6) is 1.85. The van der Waals surface area contributed by atoms with Gasteiger partial charge in [-0.05, 0) is 109 Å². The van der Waals surface area contributed by atoms with Crippen LogP contribution in [0.4, 0.5) is 0 Å². The number of carbonyl (C=O) groups excluding carboxylic acids is 1.